The first-order valence-corrected chi connectivity index (χ1v) is 8.41. The number of allylic oxidation sites excluding steroid dienone is 1. The van der Waals surface area contributed by atoms with Crippen molar-refractivity contribution in [1.82, 2.24) is 4.90 Å². The molecule has 1 fully saturated rings. The molecule has 124 valence electrons. The molecule has 0 unspecified atom stereocenters. The van der Waals surface area contributed by atoms with Crippen LogP contribution in [-0.4, -0.2) is 29.8 Å². The summed E-state index contributed by atoms with van der Waals surface area (Å²) in [6.45, 7) is 3.39. The summed E-state index contributed by atoms with van der Waals surface area (Å²) in [4.78, 5) is 25.3. The smallest absolute Gasteiger partial charge is 0.246 e. The minimum absolute atomic E-state index is 0.0272. The second-order valence-corrected chi connectivity index (χ2v) is 6.41. The maximum atomic E-state index is 12.5. The average Bonchev–Trinajstić information content (AvgIpc) is 2.52. The van der Waals surface area contributed by atoms with Gasteiger partial charge in [0.1, 0.15) is 0 Å². The molecule has 2 N–H and O–H groups in total. The standard InChI is InChI=1S/C18H23ClN2O2/c1-2-14(15-4-3-5-16(19)11-15)12-18(23)21-8-6-13(7-9-21)10-17(20)22/h3-5,11-13H,2,6-10H2,1H3,(H2,20,22). The Morgan fingerprint density at radius 3 is 2.61 bits per heavy atom. The molecular formula is C18H23ClN2O2. The molecule has 1 aromatic rings. The second-order valence-electron chi connectivity index (χ2n) is 5.97. The van der Waals surface area contributed by atoms with Gasteiger partial charge in [0.25, 0.3) is 0 Å². The zero-order valence-corrected chi connectivity index (χ0v) is 14.2. The van der Waals surface area contributed by atoms with E-state index in [9.17, 15) is 9.59 Å². The summed E-state index contributed by atoms with van der Waals surface area (Å²) >= 11 is 6.03. The van der Waals surface area contributed by atoms with Gasteiger partial charge in [-0.05, 0) is 48.4 Å². The van der Waals surface area contributed by atoms with Crippen LogP contribution in [0.25, 0.3) is 5.57 Å². The van der Waals surface area contributed by atoms with Gasteiger partial charge in [-0.3, -0.25) is 9.59 Å². The molecule has 0 radical (unpaired) electrons. The Labute approximate surface area is 142 Å². The molecule has 1 saturated heterocycles. The van der Waals surface area contributed by atoms with E-state index in [2.05, 4.69) is 0 Å². The number of nitrogens with two attached hydrogens (primary N) is 1. The van der Waals surface area contributed by atoms with Crippen molar-refractivity contribution in [2.75, 3.05) is 13.1 Å². The van der Waals surface area contributed by atoms with Gasteiger partial charge in [-0.25, -0.2) is 0 Å². The van der Waals surface area contributed by atoms with Gasteiger partial charge in [0.2, 0.25) is 11.8 Å². The number of primary amides is 1. The third kappa shape index (κ3) is 5.10. The van der Waals surface area contributed by atoms with Crippen LogP contribution in [0.15, 0.2) is 30.3 Å². The summed E-state index contributed by atoms with van der Waals surface area (Å²) in [5.74, 6) is 0.0716. The Kier molecular flexibility index (Phi) is 6.22. The van der Waals surface area contributed by atoms with Gasteiger partial charge >= 0.3 is 0 Å². The molecule has 2 rings (SSSR count). The van der Waals surface area contributed by atoms with Crippen molar-refractivity contribution in [3.8, 4) is 0 Å². The topological polar surface area (TPSA) is 63.4 Å². The molecule has 0 atom stereocenters. The maximum absolute atomic E-state index is 12.5. The molecule has 0 aliphatic carbocycles. The van der Waals surface area contributed by atoms with Gasteiger partial charge in [-0.1, -0.05) is 30.7 Å². The van der Waals surface area contributed by atoms with Crippen molar-refractivity contribution in [3.63, 3.8) is 0 Å². The molecule has 1 aliphatic heterocycles. The Morgan fingerprint density at radius 2 is 2.04 bits per heavy atom. The lowest BCUT2D eigenvalue weighted by Crippen LogP contribution is -2.38. The number of nitrogens with zero attached hydrogens (tertiary/aromatic N) is 1. The normalized spacial score (nSPS) is 16.4. The fourth-order valence-corrected chi connectivity index (χ4v) is 3.15. The van der Waals surface area contributed by atoms with Gasteiger partial charge < -0.3 is 10.6 Å². The number of rotatable bonds is 5. The fourth-order valence-electron chi connectivity index (χ4n) is 2.96. The maximum Gasteiger partial charge on any atom is 0.246 e. The van der Waals surface area contributed by atoms with E-state index in [-0.39, 0.29) is 11.8 Å². The Morgan fingerprint density at radius 1 is 1.35 bits per heavy atom. The molecule has 0 aromatic heterocycles. The van der Waals surface area contributed by atoms with Crippen LogP contribution in [0.2, 0.25) is 5.02 Å². The number of hydrogen-bond acceptors (Lipinski definition) is 2. The molecule has 4 nitrogen and oxygen atoms in total. The van der Waals surface area contributed by atoms with Crippen LogP contribution in [0.3, 0.4) is 0 Å². The Balaban J connectivity index is 2.01. The largest absolute Gasteiger partial charge is 0.370 e. The van der Waals surface area contributed by atoms with Crippen molar-refractivity contribution >= 4 is 29.0 Å². The highest BCUT2D eigenvalue weighted by Crippen LogP contribution is 2.24. The van der Waals surface area contributed by atoms with E-state index in [4.69, 9.17) is 17.3 Å². The fraction of sp³-hybridized carbons (Fsp3) is 0.444. The lowest BCUT2D eigenvalue weighted by Gasteiger charge is -2.31. The second kappa shape index (κ2) is 8.16. The minimum atomic E-state index is -0.260. The summed E-state index contributed by atoms with van der Waals surface area (Å²) in [6, 6.07) is 7.56. The highest BCUT2D eigenvalue weighted by molar-refractivity contribution is 6.30. The molecule has 0 saturated carbocycles. The predicted molar refractivity (Wildman–Crippen MR) is 92.8 cm³/mol. The monoisotopic (exact) mass is 334 g/mol. The van der Waals surface area contributed by atoms with E-state index in [0.29, 0.717) is 30.5 Å². The number of likely N-dealkylation sites (tertiary alicyclic amines) is 1. The predicted octanol–water partition coefficient (Wildman–Crippen LogP) is 3.25. The number of hydrogen-bond donors (Lipinski definition) is 1. The number of carbonyl (C=O) groups is 2. The van der Waals surface area contributed by atoms with Gasteiger partial charge in [0, 0.05) is 30.6 Å². The zero-order chi connectivity index (χ0) is 16.8. The van der Waals surface area contributed by atoms with Crippen molar-refractivity contribution in [2.45, 2.75) is 32.6 Å². The highest BCUT2D eigenvalue weighted by Gasteiger charge is 2.23. The Bertz CT molecular complexity index is 605. The summed E-state index contributed by atoms with van der Waals surface area (Å²) in [5.41, 5.74) is 7.20. The van der Waals surface area contributed by atoms with Crippen molar-refractivity contribution in [3.05, 3.63) is 40.9 Å². The van der Waals surface area contributed by atoms with Gasteiger partial charge in [0.05, 0.1) is 0 Å². The zero-order valence-electron chi connectivity index (χ0n) is 13.4. The van der Waals surface area contributed by atoms with E-state index in [1.807, 2.05) is 36.1 Å². The first-order valence-electron chi connectivity index (χ1n) is 8.03. The van der Waals surface area contributed by atoms with Gasteiger partial charge in [-0.15, -0.1) is 0 Å². The number of benzene rings is 1. The van der Waals surface area contributed by atoms with E-state index < -0.39 is 0 Å². The Hall–Kier alpha value is -1.81. The lowest BCUT2D eigenvalue weighted by molar-refractivity contribution is -0.127. The van der Waals surface area contributed by atoms with Crippen molar-refractivity contribution in [1.29, 1.82) is 0 Å². The molecule has 1 aromatic carbocycles. The van der Waals surface area contributed by atoms with Crippen molar-refractivity contribution in [2.24, 2.45) is 11.7 Å². The van der Waals surface area contributed by atoms with Crippen molar-refractivity contribution < 1.29 is 9.59 Å². The minimum Gasteiger partial charge on any atom is -0.370 e. The van der Waals surface area contributed by atoms with Crippen LogP contribution in [0.1, 0.15) is 38.2 Å². The van der Waals surface area contributed by atoms with Crippen LogP contribution in [0.4, 0.5) is 0 Å². The third-order valence-electron chi connectivity index (χ3n) is 4.29. The highest BCUT2D eigenvalue weighted by atomic mass is 35.5. The number of amides is 2. The summed E-state index contributed by atoms with van der Waals surface area (Å²) in [5, 5.41) is 0.668. The van der Waals surface area contributed by atoms with Crippen LogP contribution in [0, 0.1) is 5.92 Å². The van der Waals surface area contributed by atoms with Crippen LogP contribution in [-0.2, 0) is 9.59 Å². The van der Waals surface area contributed by atoms with E-state index in [1.165, 1.54) is 0 Å². The molecule has 5 heteroatoms. The van der Waals surface area contributed by atoms with E-state index >= 15 is 0 Å². The SMILES string of the molecule is CCC(=CC(=O)N1CCC(CC(N)=O)CC1)c1cccc(Cl)c1. The summed E-state index contributed by atoms with van der Waals surface area (Å²) in [6.07, 6.45) is 4.56. The van der Waals surface area contributed by atoms with Crippen LogP contribution < -0.4 is 5.73 Å². The number of piperidine rings is 1. The molecule has 0 bridgehead atoms. The summed E-state index contributed by atoms with van der Waals surface area (Å²) in [7, 11) is 0. The average molecular weight is 335 g/mol. The van der Waals surface area contributed by atoms with Crippen LogP contribution >= 0.6 is 11.6 Å². The van der Waals surface area contributed by atoms with Crippen LogP contribution in [0.5, 0.6) is 0 Å². The summed E-state index contributed by atoms with van der Waals surface area (Å²) < 4.78 is 0. The lowest BCUT2D eigenvalue weighted by atomic mass is 9.93. The molecule has 0 spiro atoms. The third-order valence-corrected chi connectivity index (χ3v) is 4.53. The van der Waals surface area contributed by atoms with E-state index in [0.717, 1.165) is 30.4 Å². The quantitative estimate of drug-likeness (QED) is 0.840. The molecule has 1 heterocycles. The first-order chi connectivity index (χ1) is 11.0. The molecule has 23 heavy (non-hydrogen) atoms. The molecule has 2 amide bonds. The van der Waals surface area contributed by atoms with Gasteiger partial charge in [0.15, 0.2) is 0 Å². The van der Waals surface area contributed by atoms with Gasteiger partial charge in [-0.2, -0.15) is 0 Å². The number of carbonyl (C=O) groups excluding carboxylic acids is 2. The van der Waals surface area contributed by atoms with E-state index in [1.54, 1.807) is 6.08 Å². The number of halogens is 1. The molecule has 1 aliphatic rings. The molecular weight excluding hydrogens is 312 g/mol. The first kappa shape index (κ1) is 17.5.